The molecule has 0 unspecified atom stereocenters. The molecule has 1 aliphatic rings. The Hall–Kier alpha value is -1.75. The van der Waals surface area contributed by atoms with Crippen LogP contribution < -0.4 is 15.8 Å². The highest BCUT2D eigenvalue weighted by Gasteiger charge is 2.22. The number of carbonyl (C=O) groups excluding carboxylic acids is 1. The van der Waals surface area contributed by atoms with Gasteiger partial charge in [0.1, 0.15) is 5.75 Å². The van der Waals surface area contributed by atoms with Gasteiger partial charge in [-0.05, 0) is 44.9 Å². The maximum Gasteiger partial charge on any atom is 0.251 e. The number of methoxy groups -OCH3 is 1. The average Bonchev–Trinajstić information content (AvgIpc) is 2.48. The molecule has 1 aromatic rings. The van der Waals surface area contributed by atoms with Gasteiger partial charge < -0.3 is 20.7 Å². The predicted octanol–water partition coefficient (Wildman–Crippen LogP) is 1.88. The molecule has 1 aromatic carbocycles. The molecule has 1 heterocycles. The van der Waals surface area contributed by atoms with Crippen molar-refractivity contribution in [1.82, 2.24) is 10.2 Å². The van der Waals surface area contributed by atoms with Gasteiger partial charge in [0, 0.05) is 30.7 Å². The van der Waals surface area contributed by atoms with E-state index in [2.05, 4.69) is 24.1 Å². The molecule has 0 bridgehead atoms. The maximum absolute atomic E-state index is 12.3. The monoisotopic (exact) mass is 291 g/mol. The van der Waals surface area contributed by atoms with Gasteiger partial charge in [-0.1, -0.05) is 0 Å². The van der Waals surface area contributed by atoms with E-state index < -0.39 is 0 Å². The van der Waals surface area contributed by atoms with Crippen LogP contribution in [0.25, 0.3) is 0 Å². The van der Waals surface area contributed by atoms with Crippen LogP contribution in [0.1, 0.15) is 37.0 Å². The summed E-state index contributed by atoms with van der Waals surface area (Å²) < 4.78 is 5.15. The van der Waals surface area contributed by atoms with Gasteiger partial charge in [0.05, 0.1) is 12.8 Å². The molecule has 0 aromatic heterocycles. The third-order valence-electron chi connectivity index (χ3n) is 4.09. The molecular weight excluding hydrogens is 266 g/mol. The zero-order chi connectivity index (χ0) is 15.4. The van der Waals surface area contributed by atoms with Crippen LogP contribution in [-0.2, 0) is 0 Å². The number of likely N-dealkylation sites (tertiary alicyclic amines) is 1. The average molecular weight is 291 g/mol. The summed E-state index contributed by atoms with van der Waals surface area (Å²) >= 11 is 0. The number of amides is 1. The highest BCUT2D eigenvalue weighted by Crippen LogP contribution is 2.22. The van der Waals surface area contributed by atoms with E-state index >= 15 is 0 Å². The van der Waals surface area contributed by atoms with Gasteiger partial charge in [-0.2, -0.15) is 0 Å². The lowest BCUT2D eigenvalue weighted by atomic mass is 10.0. The number of rotatable bonds is 4. The second-order valence-corrected chi connectivity index (χ2v) is 5.83. The van der Waals surface area contributed by atoms with Crippen molar-refractivity contribution in [3.63, 3.8) is 0 Å². The van der Waals surface area contributed by atoms with Gasteiger partial charge in [0.2, 0.25) is 0 Å². The molecule has 5 nitrogen and oxygen atoms in total. The summed E-state index contributed by atoms with van der Waals surface area (Å²) in [6.45, 7) is 6.49. The van der Waals surface area contributed by atoms with Gasteiger partial charge in [0.15, 0.2) is 0 Å². The fraction of sp³-hybridized carbons (Fsp3) is 0.562. The van der Waals surface area contributed by atoms with E-state index in [-0.39, 0.29) is 11.9 Å². The highest BCUT2D eigenvalue weighted by molar-refractivity contribution is 5.95. The van der Waals surface area contributed by atoms with E-state index in [1.807, 2.05) is 0 Å². The topological polar surface area (TPSA) is 67.6 Å². The molecule has 5 heteroatoms. The summed E-state index contributed by atoms with van der Waals surface area (Å²) in [6, 6.07) is 5.94. The van der Waals surface area contributed by atoms with Gasteiger partial charge in [-0.15, -0.1) is 0 Å². The summed E-state index contributed by atoms with van der Waals surface area (Å²) in [5.74, 6) is 0.480. The Morgan fingerprint density at radius 2 is 2.05 bits per heavy atom. The first kappa shape index (κ1) is 15.6. The van der Waals surface area contributed by atoms with Crippen LogP contribution in [0.2, 0.25) is 0 Å². The van der Waals surface area contributed by atoms with E-state index in [4.69, 9.17) is 10.5 Å². The van der Waals surface area contributed by atoms with Gasteiger partial charge in [-0.25, -0.2) is 0 Å². The molecule has 116 valence electrons. The predicted molar refractivity (Wildman–Crippen MR) is 84.6 cm³/mol. The molecule has 21 heavy (non-hydrogen) atoms. The summed E-state index contributed by atoms with van der Waals surface area (Å²) in [7, 11) is 1.55. The zero-order valence-corrected chi connectivity index (χ0v) is 13.1. The molecule has 3 N–H and O–H groups in total. The normalized spacial score (nSPS) is 17.0. The highest BCUT2D eigenvalue weighted by atomic mass is 16.5. The number of benzene rings is 1. The van der Waals surface area contributed by atoms with Crippen molar-refractivity contribution in [2.75, 3.05) is 25.9 Å². The largest absolute Gasteiger partial charge is 0.495 e. The van der Waals surface area contributed by atoms with Crippen molar-refractivity contribution in [1.29, 1.82) is 0 Å². The van der Waals surface area contributed by atoms with Crippen LogP contribution in [0, 0.1) is 0 Å². The van der Waals surface area contributed by atoms with Gasteiger partial charge in [-0.3, -0.25) is 4.79 Å². The number of hydrogen-bond acceptors (Lipinski definition) is 4. The lowest BCUT2D eigenvalue weighted by molar-refractivity contribution is 0.0900. The molecule has 0 spiro atoms. The molecule has 0 aliphatic carbocycles. The molecule has 1 saturated heterocycles. The summed E-state index contributed by atoms with van der Waals surface area (Å²) in [5, 5.41) is 3.10. The van der Waals surface area contributed by atoms with E-state index in [1.165, 1.54) is 0 Å². The first-order valence-electron chi connectivity index (χ1n) is 7.49. The fourth-order valence-electron chi connectivity index (χ4n) is 2.68. The minimum Gasteiger partial charge on any atom is -0.495 e. The van der Waals surface area contributed by atoms with Crippen molar-refractivity contribution in [2.45, 2.75) is 38.8 Å². The quantitative estimate of drug-likeness (QED) is 0.831. The molecule has 0 saturated carbocycles. The van der Waals surface area contributed by atoms with Crippen molar-refractivity contribution in [3.8, 4) is 5.75 Å². The van der Waals surface area contributed by atoms with E-state index in [0.717, 1.165) is 25.9 Å². The fourth-order valence-corrected chi connectivity index (χ4v) is 2.68. The number of nitrogens with two attached hydrogens (primary N) is 1. The number of carbonyl (C=O) groups is 1. The van der Waals surface area contributed by atoms with Crippen molar-refractivity contribution >= 4 is 11.6 Å². The number of ether oxygens (including phenoxy) is 1. The first-order valence-corrected chi connectivity index (χ1v) is 7.49. The Labute approximate surface area is 126 Å². The Morgan fingerprint density at radius 3 is 2.62 bits per heavy atom. The van der Waals surface area contributed by atoms with Crippen molar-refractivity contribution < 1.29 is 9.53 Å². The standard InChI is InChI=1S/C16H25N3O2/c1-11(2)19-8-6-13(7-9-19)18-16(20)12-4-5-14(17)15(10-12)21-3/h4-5,10-11,13H,6-9,17H2,1-3H3,(H,18,20). The molecule has 0 radical (unpaired) electrons. The first-order chi connectivity index (χ1) is 10.0. The van der Waals surface area contributed by atoms with E-state index in [0.29, 0.717) is 23.0 Å². The second kappa shape index (κ2) is 6.80. The van der Waals surface area contributed by atoms with Crippen LogP contribution in [0.4, 0.5) is 5.69 Å². The summed E-state index contributed by atoms with van der Waals surface area (Å²) in [4.78, 5) is 14.7. The lowest BCUT2D eigenvalue weighted by Gasteiger charge is -2.34. The summed E-state index contributed by atoms with van der Waals surface area (Å²) in [6.07, 6.45) is 1.99. The Balaban J connectivity index is 1.93. The number of nitrogens with one attached hydrogen (secondary N) is 1. The number of anilines is 1. The smallest absolute Gasteiger partial charge is 0.251 e. The van der Waals surface area contributed by atoms with Gasteiger partial charge >= 0.3 is 0 Å². The van der Waals surface area contributed by atoms with Gasteiger partial charge in [0.25, 0.3) is 5.91 Å². The molecule has 1 aliphatic heterocycles. The Morgan fingerprint density at radius 1 is 1.38 bits per heavy atom. The SMILES string of the molecule is COc1cc(C(=O)NC2CCN(C(C)C)CC2)ccc1N. The zero-order valence-electron chi connectivity index (χ0n) is 13.1. The number of nitrogen functional groups attached to an aromatic ring is 1. The van der Waals surface area contributed by atoms with Crippen LogP contribution in [-0.4, -0.2) is 43.1 Å². The third kappa shape index (κ3) is 3.88. The number of nitrogens with zero attached hydrogens (tertiary/aromatic N) is 1. The third-order valence-corrected chi connectivity index (χ3v) is 4.09. The van der Waals surface area contributed by atoms with Crippen LogP contribution in [0.3, 0.4) is 0 Å². The number of piperidine rings is 1. The Bertz CT molecular complexity index is 494. The number of hydrogen-bond donors (Lipinski definition) is 2. The minimum atomic E-state index is -0.0590. The minimum absolute atomic E-state index is 0.0590. The van der Waals surface area contributed by atoms with Crippen LogP contribution in [0.5, 0.6) is 5.75 Å². The molecule has 0 atom stereocenters. The van der Waals surface area contributed by atoms with Crippen molar-refractivity contribution in [2.24, 2.45) is 0 Å². The molecule has 1 fully saturated rings. The van der Waals surface area contributed by atoms with E-state index in [9.17, 15) is 4.79 Å². The summed E-state index contributed by atoms with van der Waals surface area (Å²) in [5.41, 5.74) is 6.90. The molecule has 1 amide bonds. The second-order valence-electron chi connectivity index (χ2n) is 5.83. The van der Waals surface area contributed by atoms with E-state index in [1.54, 1.807) is 25.3 Å². The Kier molecular flexibility index (Phi) is 5.07. The maximum atomic E-state index is 12.3. The van der Waals surface area contributed by atoms with Crippen LogP contribution in [0.15, 0.2) is 18.2 Å². The van der Waals surface area contributed by atoms with Crippen molar-refractivity contribution in [3.05, 3.63) is 23.8 Å². The molecule has 2 rings (SSSR count). The van der Waals surface area contributed by atoms with Crippen LogP contribution >= 0.6 is 0 Å². The molecular formula is C16H25N3O2. The lowest BCUT2D eigenvalue weighted by Crippen LogP contribution is -2.46.